The van der Waals surface area contributed by atoms with Crippen LogP contribution in [0.3, 0.4) is 0 Å². The summed E-state index contributed by atoms with van der Waals surface area (Å²) in [6.45, 7) is 2.00. The van der Waals surface area contributed by atoms with Gasteiger partial charge in [-0.1, -0.05) is 28.1 Å². The zero-order valence-electron chi connectivity index (χ0n) is 10.7. The molecule has 0 spiro atoms. The maximum Gasteiger partial charge on any atom is 0.323 e. The Kier molecular flexibility index (Phi) is 3.94. The molecule has 1 fully saturated rings. The average molecular weight is 326 g/mol. The number of rotatable bonds is 5. The summed E-state index contributed by atoms with van der Waals surface area (Å²) in [5.74, 6) is -1.04. The fourth-order valence-electron chi connectivity index (χ4n) is 2.31. The summed E-state index contributed by atoms with van der Waals surface area (Å²) in [6.07, 6.45) is 1.59. The van der Waals surface area contributed by atoms with Crippen LogP contribution in [0.15, 0.2) is 28.7 Å². The molecule has 1 aliphatic rings. The standard InChI is InChI=1S/C14H16BrNO3/c1-2-16(9-12(17)18)13(19)14(7-8-14)10-3-5-11(15)6-4-10/h3-6H,2,7-9H2,1H3,(H,17,18). The summed E-state index contributed by atoms with van der Waals surface area (Å²) in [5, 5.41) is 8.86. The van der Waals surface area contributed by atoms with Gasteiger partial charge < -0.3 is 10.0 Å². The molecule has 102 valence electrons. The number of likely N-dealkylation sites (N-methyl/N-ethyl adjacent to an activating group) is 1. The first-order valence-electron chi connectivity index (χ1n) is 6.27. The lowest BCUT2D eigenvalue weighted by Crippen LogP contribution is -2.42. The normalized spacial score (nSPS) is 15.9. The van der Waals surface area contributed by atoms with Gasteiger partial charge in [-0.15, -0.1) is 0 Å². The van der Waals surface area contributed by atoms with Crippen molar-refractivity contribution in [1.29, 1.82) is 0 Å². The molecule has 1 saturated carbocycles. The predicted molar refractivity (Wildman–Crippen MR) is 74.9 cm³/mol. The molecule has 2 rings (SSSR count). The zero-order chi connectivity index (χ0) is 14.0. The highest BCUT2D eigenvalue weighted by atomic mass is 79.9. The van der Waals surface area contributed by atoms with Gasteiger partial charge in [-0.05, 0) is 37.5 Å². The molecule has 1 amide bonds. The van der Waals surface area contributed by atoms with E-state index in [2.05, 4.69) is 15.9 Å². The summed E-state index contributed by atoms with van der Waals surface area (Å²) in [7, 11) is 0. The van der Waals surface area contributed by atoms with Crippen LogP contribution in [0.2, 0.25) is 0 Å². The van der Waals surface area contributed by atoms with E-state index in [0.717, 1.165) is 22.9 Å². The Labute approximate surface area is 120 Å². The minimum Gasteiger partial charge on any atom is -0.480 e. The van der Waals surface area contributed by atoms with E-state index in [0.29, 0.717) is 6.54 Å². The van der Waals surface area contributed by atoms with Crippen LogP contribution >= 0.6 is 15.9 Å². The maximum atomic E-state index is 12.5. The molecule has 1 aromatic rings. The van der Waals surface area contributed by atoms with Crippen LogP contribution in [-0.2, 0) is 15.0 Å². The lowest BCUT2D eigenvalue weighted by Gasteiger charge is -2.25. The van der Waals surface area contributed by atoms with E-state index >= 15 is 0 Å². The number of aliphatic carboxylic acids is 1. The van der Waals surface area contributed by atoms with Gasteiger partial charge in [0, 0.05) is 11.0 Å². The van der Waals surface area contributed by atoms with E-state index < -0.39 is 11.4 Å². The van der Waals surface area contributed by atoms with Crippen molar-refractivity contribution in [2.24, 2.45) is 0 Å². The topological polar surface area (TPSA) is 57.6 Å². The Morgan fingerprint density at radius 1 is 1.32 bits per heavy atom. The molecule has 4 nitrogen and oxygen atoms in total. The lowest BCUT2D eigenvalue weighted by atomic mass is 9.94. The summed E-state index contributed by atoms with van der Waals surface area (Å²) in [6, 6.07) is 7.69. The van der Waals surface area contributed by atoms with Gasteiger partial charge in [0.25, 0.3) is 0 Å². The number of carboxylic acid groups (broad SMARTS) is 1. The van der Waals surface area contributed by atoms with E-state index in [1.54, 1.807) is 6.92 Å². The number of carbonyl (C=O) groups is 2. The molecular weight excluding hydrogens is 310 g/mol. The van der Waals surface area contributed by atoms with Crippen LogP contribution < -0.4 is 0 Å². The first-order chi connectivity index (χ1) is 8.99. The molecule has 0 atom stereocenters. The van der Waals surface area contributed by atoms with Gasteiger partial charge in [0.05, 0.1) is 5.41 Å². The predicted octanol–water partition coefficient (Wildman–Crippen LogP) is 2.41. The van der Waals surface area contributed by atoms with E-state index in [1.807, 2.05) is 24.3 Å². The van der Waals surface area contributed by atoms with Crippen molar-refractivity contribution in [3.8, 4) is 0 Å². The summed E-state index contributed by atoms with van der Waals surface area (Å²) < 4.78 is 0.970. The zero-order valence-corrected chi connectivity index (χ0v) is 12.3. The van der Waals surface area contributed by atoms with Crippen LogP contribution in [0, 0.1) is 0 Å². The SMILES string of the molecule is CCN(CC(=O)O)C(=O)C1(c2ccc(Br)cc2)CC1. The molecule has 0 radical (unpaired) electrons. The molecular formula is C14H16BrNO3. The van der Waals surface area contributed by atoms with Crippen molar-refractivity contribution < 1.29 is 14.7 Å². The number of carboxylic acids is 1. The van der Waals surface area contributed by atoms with Gasteiger partial charge >= 0.3 is 5.97 Å². The average Bonchev–Trinajstić information content (AvgIpc) is 3.17. The third-order valence-corrected chi connectivity index (χ3v) is 4.08. The Balaban J connectivity index is 2.22. The smallest absolute Gasteiger partial charge is 0.323 e. The van der Waals surface area contributed by atoms with Crippen molar-refractivity contribution in [2.45, 2.75) is 25.2 Å². The highest BCUT2D eigenvalue weighted by molar-refractivity contribution is 9.10. The number of nitrogens with zero attached hydrogens (tertiary/aromatic N) is 1. The monoisotopic (exact) mass is 325 g/mol. The van der Waals surface area contributed by atoms with Gasteiger partial charge in [-0.3, -0.25) is 9.59 Å². The maximum absolute atomic E-state index is 12.5. The number of hydrogen-bond donors (Lipinski definition) is 1. The molecule has 0 aromatic heterocycles. The number of carbonyl (C=O) groups excluding carboxylic acids is 1. The number of halogens is 1. The molecule has 0 aliphatic heterocycles. The van der Waals surface area contributed by atoms with Crippen LogP contribution in [-0.4, -0.2) is 35.0 Å². The first kappa shape index (κ1) is 14.1. The van der Waals surface area contributed by atoms with E-state index in [9.17, 15) is 9.59 Å². The fraction of sp³-hybridized carbons (Fsp3) is 0.429. The van der Waals surface area contributed by atoms with Crippen LogP contribution in [0.1, 0.15) is 25.3 Å². The van der Waals surface area contributed by atoms with Gasteiger partial charge in [-0.2, -0.15) is 0 Å². The Morgan fingerprint density at radius 2 is 1.89 bits per heavy atom. The fourth-order valence-corrected chi connectivity index (χ4v) is 2.58. The van der Waals surface area contributed by atoms with Crippen molar-refractivity contribution in [3.05, 3.63) is 34.3 Å². The van der Waals surface area contributed by atoms with E-state index in [1.165, 1.54) is 4.90 Å². The second-order valence-electron chi connectivity index (χ2n) is 4.80. The van der Waals surface area contributed by atoms with Crippen molar-refractivity contribution in [3.63, 3.8) is 0 Å². The molecule has 19 heavy (non-hydrogen) atoms. The van der Waals surface area contributed by atoms with Gasteiger partial charge in [0.1, 0.15) is 6.54 Å². The van der Waals surface area contributed by atoms with Crippen molar-refractivity contribution in [1.82, 2.24) is 4.90 Å². The Morgan fingerprint density at radius 3 is 2.32 bits per heavy atom. The lowest BCUT2D eigenvalue weighted by molar-refractivity contribution is -0.145. The summed E-state index contributed by atoms with van der Waals surface area (Å²) in [4.78, 5) is 24.7. The summed E-state index contributed by atoms with van der Waals surface area (Å²) in [5.41, 5.74) is 0.483. The molecule has 1 N–H and O–H groups in total. The van der Waals surface area contributed by atoms with Gasteiger partial charge in [0.2, 0.25) is 5.91 Å². The van der Waals surface area contributed by atoms with Crippen molar-refractivity contribution >= 4 is 27.8 Å². The first-order valence-corrected chi connectivity index (χ1v) is 7.06. The third kappa shape index (κ3) is 2.81. The van der Waals surface area contributed by atoms with E-state index in [4.69, 9.17) is 5.11 Å². The molecule has 5 heteroatoms. The molecule has 0 heterocycles. The molecule has 1 aliphatic carbocycles. The number of hydrogen-bond acceptors (Lipinski definition) is 2. The molecule has 0 unspecified atom stereocenters. The third-order valence-electron chi connectivity index (χ3n) is 3.55. The van der Waals surface area contributed by atoms with Crippen molar-refractivity contribution in [2.75, 3.05) is 13.1 Å². The number of benzene rings is 1. The number of amides is 1. The van der Waals surface area contributed by atoms with Crippen LogP contribution in [0.25, 0.3) is 0 Å². The highest BCUT2D eigenvalue weighted by Gasteiger charge is 2.52. The summed E-state index contributed by atoms with van der Waals surface area (Å²) >= 11 is 3.37. The quantitative estimate of drug-likeness (QED) is 0.904. The van der Waals surface area contributed by atoms with Crippen LogP contribution in [0.5, 0.6) is 0 Å². The Hall–Kier alpha value is -1.36. The van der Waals surface area contributed by atoms with Gasteiger partial charge in [-0.25, -0.2) is 0 Å². The minimum atomic E-state index is -0.971. The molecule has 0 bridgehead atoms. The largest absolute Gasteiger partial charge is 0.480 e. The second kappa shape index (κ2) is 5.33. The molecule has 1 aromatic carbocycles. The van der Waals surface area contributed by atoms with Gasteiger partial charge in [0.15, 0.2) is 0 Å². The minimum absolute atomic E-state index is 0.0697. The second-order valence-corrected chi connectivity index (χ2v) is 5.72. The van der Waals surface area contributed by atoms with Crippen LogP contribution in [0.4, 0.5) is 0 Å². The van der Waals surface area contributed by atoms with E-state index in [-0.39, 0.29) is 12.5 Å². The Bertz CT molecular complexity index is 494. The highest BCUT2D eigenvalue weighted by Crippen LogP contribution is 2.49. The molecule has 0 saturated heterocycles.